The van der Waals surface area contributed by atoms with Crippen molar-refractivity contribution < 1.29 is 9.59 Å². The lowest BCUT2D eigenvalue weighted by molar-refractivity contribution is 0.0755. The molecule has 2 aromatic rings. The molecule has 5 nitrogen and oxygen atoms in total. The number of nitrogens with one attached hydrogen (secondary N) is 1. The van der Waals surface area contributed by atoms with E-state index in [-0.39, 0.29) is 11.8 Å². The van der Waals surface area contributed by atoms with Gasteiger partial charge in [-0.1, -0.05) is 30.5 Å². The fraction of sp³-hybridized carbons (Fsp3) is 0.316. The number of anilines is 1. The average molecular weight is 358 g/mol. The lowest BCUT2D eigenvalue weighted by atomic mass is 10.2. The molecule has 0 spiro atoms. The SMILES string of the molecule is O=C(Nc1cccc(Cl)c1)c1ccnc(C(=O)N2CCCCCC2)c1. The smallest absolute Gasteiger partial charge is 0.272 e. The Hall–Kier alpha value is -2.40. The van der Waals surface area contributed by atoms with Gasteiger partial charge in [-0.3, -0.25) is 14.6 Å². The molecular formula is C19H20ClN3O2. The summed E-state index contributed by atoms with van der Waals surface area (Å²) in [6, 6.07) is 10.1. The molecule has 0 bridgehead atoms. The van der Waals surface area contributed by atoms with E-state index < -0.39 is 0 Å². The second kappa shape index (κ2) is 8.12. The van der Waals surface area contributed by atoms with Gasteiger partial charge in [-0.05, 0) is 43.2 Å². The van der Waals surface area contributed by atoms with Gasteiger partial charge in [0.2, 0.25) is 0 Å². The van der Waals surface area contributed by atoms with Crippen LogP contribution in [0.25, 0.3) is 0 Å². The number of hydrogen-bond donors (Lipinski definition) is 1. The van der Waals surface area contributed by atoms with E-state index in [9.17, 15) is 9.59 Å². The van der Waals surface area contributed by atoms with Crippen LogP contribution in [-0.4, -0.2) is 34.8 Å². The molecule has 6 heteroatoms. The number of halogens is 1. The summed E-state index contributed by atoms with van der Waals surface area (Å²) in [5.41, 5.74) is 1.31. The number of likely N-dealkylation sites (tertiary alicyclic amines) is 1. The number of aromatic nitrogens is 1. The fourth-order valence-electron chi connectivity index (χ4n) is 2.89. The van der Waals surface area contributed by atoms with Crippen molar-refractivity contribution in [1.29, 1.82) is 0 Å². The second-order valence-electron chi connectivity index (χ2n) is 6.10. The van der Waals surface area contributed by atoms with E-state index >= 15 is 0 Å². The van der Waals surface area contributed by atoms with Gasteiger partial charge in [-0.25, -0.2) is 0 Å². The summed E-state index contributed by atoms with van der Waals surface area (Å²) >= 11 is 5.93. The highest BCUT2D eigenvalue weighted by molar-refractivity contribution is 6.31. The van der Waals surface area contributed by atoms with E-state index in [0.29, 0.717) is 22.0 Å². The van der Waals surface area contributed by atoms with Crippen LogP contribution >= 0.6 is 11.6 Å². The predicted molar refractivity (Wildman–Crippen MR) is 98.0 cm³/mol. The van der Waals surface area contributed by atoms with Crippen LogP contribution in [0.1, 0.15) is 46.5 Å². The van der Waals surface area contributed by atoms with Gasteiger partial charge in [-0.15, -0.1) is 0 Å². The summed E-state index contributed by atoms with van der Waals surface area (Å²) in [5.74, 6) is -0.408. The van der Waals surface area contributed by atoms with Crippen LogP contribution in [-0.2, 0) is 0 Å². The molecule has 0 radical (unpaired) electrons. The highest BCUT2D eigenvalue weighted by Crippen LogP contribution is 2.17. The van der Waals surface area contributed by atoms with E-state index in [1.807, 2.05) is 4.90 Å². The zero-order valence-corrected chi connectivity index (χ0v) is 14.6. The van der Waals surface area contributed by atoms with Crippen molar-refractivity contribution >= 4 is 29.1 Å². The largest absolute Gasteiger partial charge is 0.337 e. The van der Waals surface area contributed by atoms with Crippen LogP contribution in [0.15, 0.2) is 42.6 Å². The third kappa shape index (κ3) is 4.57. The molecule has 1 aliphatic heterocycles. The quantitative estimate of drug-likeness (QED) is 0.902. The first-order valence-electron chi connectivity index (χ1n) is 8.46. The lowest BCUT2D eigenvalue weighted by Gasteiger charge is -2.19. The number of carbonyl (C=O) groups is 2. The van der Waals surface area contributed by atoms with Crippen molar-refractivity contribution in [3.8, 4) is 0 Å². The molecule has 1 aliphatic rings. The van der Waals surface area contributed by atoms with E-state index in [0.717, 1.165) is 38.8 Å². The first-order chi connectivity index (χ1) is 12.1. The summed E-state index contributed by atoms with van der Waals surface area (Å²) < 4.78 is 0. The number of nitrogens with zero attached hydrogens (tertiary/aromatic N) is 2. The fourth-order valence-corrected chi connectivity index (χ4v) is 3.08. The van der Waals surface area contributed by atoms with Crippen LogP contribution in [0.5, 0.6) is 0 Å². The maximum absolute atomic E-state index is 12.6. The molecule has 0 unspecified atom stereocenters. The maximum atomic E-state index is 12.6. The van der Waals surface area contributed by atoms with Crippen molar-refractivity contribution in [2.75, 3.05) is 18.4 Å². The Morgan fingerprint density at radius 3 is 2.52 bits per heavy atom. The number of carbonyl (C=O) groups excluding carboxylic acids is 2. The Labute approximate surface area is 152 Å². The summed E-state index contributed by atoms with van der Waals surface area (Å²) in [6.45, 7) is 1.50. The predicted octanol–water partition coefficient (Wildman–Crippen LogP) is 4.00. The van der Waals surface area contributed by atoms with Gasteiger partial charge < -0.3 is 10.2 Å². The Morgan fingerprint density at radius 1 is 1.04 bits per heavy atom. The van der Waals surface area contributed by atoms with Crippen LogP contribution in [0.3, 0.4) is 0 Å². The zero-order chi connectivity index (χ0) is 17.6. The molecule has 25 heavy (non-hydrogen) atoms. The molecule has 130 valence electrons. The number of hydrogen-bond acceptors (Lipinski definition) is 3. The molecule has 1 N–H and O–H groups in total. The summed E-state index contributed by atoms with van der Waals surface area (Å²) in [7, 11) is 0. The van der Waals surface area contributed by atoms with E-state index in [4.69, 9.17) is 11.6 Å². The normalized spacial score (nSPS) is 14.7. The highest BCUT2D eigenvalue weighted by atomic mass is 35.5. The van der Waals surface area contributed by atoms with Gasteiger partial charge in [0, 0.05) is 35.6 Å². The zero-order valence-electron chi connectivity index (χ0n) is 13.9. The molecule has 2 amide bonds. The lowest BCUT2D eigenvalue weighted by Crippen LogP contribution is -2.32. The molecule has 0 saturated carbocycles. The third-order valence-electron chi connectivity index (χ3n) is 4.22. The Balaban J connectivity index is 1.74. The first kappa shape index (κ1) is 17.4. The van der Waals surface area contributed by atoms with Gasteiger partial charge >= 0.3 is 0 Å². The Morgan fingerprint density at radius 2 is 1.80 bits per heavy atom. The summed E-state index contributed by atoms with van der Waals surface area (Å²) in [6.07, 6.45) is 5.83. The monoisotopic (exact) mass is 357 g/mol. The Bertz CT molecular complexity index is 771. The summed E-state index contributed by atoms with van der Waals surface area (Å²) in [4.78, 5) is 31.1. The van der Waals surface area contributed by atoms with E-state index in [2.05, 4.69) is 10.3 Å². The molecule has 1 saturated heterocycles. The van der Waals surface area contributed by atoms with Crippen LogP contribution in [0.4, 0.5) is 5.69 Å². The van der Waals surface area contributed by atoms with Crippen molar-refractivity contribution in [2.24, 2.45) is 0 Å². The summed E-state index contributed by atoms with van der Waals surface area (Å²) in [5, 5.41) is 3.32. The molecular weight excluding hydrogens is 338 g/mol. The van der Waals surface area contributed by atoms with Gasteiger partial charge in [-0.2, -0.15) is 0 Å². The van der Waals surface area contributed by atoms with Gasteiger partial charge in [0.05, 0.1) is 0 Å². The van der Waals surface area contributed by atoms with Gasteiger partial charge in [0.15, 0.2) is 0 Å². The topological polar surface area (TPSA) is 62.3 Å². The molecule has 1 aromatic carbocycles. The number of rotatable bonds is 3. The minimum atomic E-state index is -0.297. The molecule has 0 aliphatic carbocycles. The molecule has 1 aromatic heterocycles. The second-order valence-corrected chi connectivity index (χ2v) is 6.54. The van der Waals surface area contributed by atoms with Crippen molar-refractivity contribution in [2.45, 2.75) is 25.7 Å². The standard InChI is InChI=1S/C19H20ClN3O2/c20-15-6-5-7-16(13-15)22-18(24)14-8-9-21-17(12-14)19(25)23-10-3-1-2-4-11-23/h5-9,12-13H,1-4,10-11H2,(H,22,24). The minimum Gasteiger partial charge on any atom is -0.337 e. The van der Waals surface area contributed by atoms with Crippen molar-refractivity contribution in [3.05, 3.63) is 58.9 Å². The van der Waals surface area contributed by atoms with Crippen LogP contribution < -0.4 is 5.32 Å². The van der Waals surface area contributed by atoms with Crippen LogP contribution in [0, 0.1) is 0 Å². The average Bonchev–Trinajstić information content (AvgIpc) is 2.90. The van der Waals surface area contributed by atoms with Crippen molar-refractivity contribution in [1.82, 2.24) is 9.88 Å². The highest BCUT2D eigenvalue weighted by Gasteiger charge is 2.19. The van der Waals surface area contributed by atoms with Crippen molar-refractivity contribution in [3.63, 3.8) is 0 Å². The third-order valence-corrected chi connectivity index (χ3v) is 4.45. The molecule has 0 atom stereocenters. The van der Waals surface area contributed by atoms with Gasteiger partial charge in [0.25, 0.3) is 11.8 Å². The van der Waals surface area contributed by atoms with E-state index in [1.165, 1.54) is 6.20 Å². The minimum absolute atomic E-state index is 0.112. The van der Waals surface area contributed by atoms with E-state index in [1.54, 1.807) is 36.4 Å². The Kier molecular flexibility index (Phi) is 5.66. The first-order valence-corrected chi connectivity index (χ1v) is 8.83. The maximum Gasteiger partial charge on any atom is 0.272 e. The van der Waals surface area contributed by atoms with Gasteiger partial charge in [0.1, 0.15) is 5.69 Å². The molecule has 1 fully saturated rings. The molecule has 2 heterocycles. The number of amides is 2. The van der Waals surface area contributed by atoms with Crippen LogP contribution in [0.2, 0.25) is 5.02 Å². The molecule has 3 rings (SSSR count). The number of pyridine rings is 1. The number of benzene rings is 1.